The molecule has 2 aromatic heterocycles. The molecule has 1 aliphatic rings. The number of aromatic amines is 1. The number of fused-ring (bicyclic) bond motifs is 3. The lowest BCUT2D eigenvalue weighted by molar-refractivity contribution is -0.764. The zero-order valence-corrected chi connectivity index (χ0v) is 17.6. The second-order valence-electron chi connectivity index (χ2n) is 5.91. The first-order chi connectivity index (χ1) is 13.0. The number of amides is 1. The van der Waals surface area contributed by atoms with Gasteiger partial charge in [-0.25, -0.2) is 4.90 Å². The minimum absolute atomic E-state index is 0.163. The lowest BCUT2D eigenvalue weighted by Gasteiger charge is -2.29. The van der Waals surface area contributed by atoms with Gasteiger partial charge >= 0.3 is 17.4 Å². The molecule has 0 bridgehead atoms. The van der Waals surface area contributed by atoms with Gasteiger partial charge in [0.25, 0.3) is 0 Å². The summed E-state index contributed by atoms with van der Waals surface area (Å²) in [4.78, 5) is 30.0. The maximum absolute atomic E-state index is 12.9. The Kier molecular flexibility index (Phi) is 4.81. The fourth-order valence-electron chi connectivity index (χ4n) is 3.24. The smallest absolute Gasteiger partial charge is 0.325 e. The first kappa shape index (κ1) is 18.2. The van der Waals surface area contributed by atoms with Crippen LogP contribution in [0.1, 0.15) is 25.8 Å². The van der Waals surface area contributed by atoms with Crippen LogP contribution in [0.3, 0.4) is 0 Å². The Bertz CT molecular complexity index is 1090. The molecule has 0 unspecified atom stereocenters. The van der Waals surface area contributed by atoms with Gasteiger partial charge in [-0.15, -0.1) is 0 Å². The van der Waals surface area contributed by atoms with Crippen molar-refractivity contribution < 1.29 is 13.9 Å². The molecule has 0 saturated carbocycles. The molecule has 0 spiro atoms. The number of halogens is 1. The molecule has 138 valence electrons. The van der Waals surface area contributed by atoms with Crippen LogP contribution in [0.4, 0.5) is 5.69 Å². The van der Waals surface area contributed by atoms with E-state index < -0.39 is 6.17 Å². The number of aromatic nitrogens is 3. The Labute approximate surface area is 172 Å². The van der Waals surface area contributed by atoms with Crippen molar-refractivity contribution in [1.82, 2.24) is 10.1 Å². The summed E-state index contributed by atoms with van der Waals surface area (Å²) in [5, 5.41) is 5.13. The highest BCUT2D eigenvalue weighted by Gasteiger charge is 2.46. The predicted octanol–water partition coefficient (Wildman–Crippen LogP) is 2.95. The van der Waals surface area contributed by atoms with E-state index in [1.54, 1.807) is 9.58 Å². The highest BCUT2D eigenvalue weighted by Crippen LogP contribution is 2.37. The van der Waals surface area contributed by atoms with Crippen LogP contribution < -0.4 is 15.1 Å². The molecule has 27 heavy (non-hydrogen) atoms. The highest BCUT2D eigenvalue weighted by atomic mass is 127. The highest BCUT2D eigenvalue weighted by molar-refractivity contribution is 14.1. The number of benzene rings is 1. The summed E-state index contributed by atoms with van der Waals surface area (Å²) in [5.74, 6) is 1.14. The largest absolute Gasteiger partial charge is 0.446 e. The number of hydrogen-bond acceptors (Lipinski definition) is 5. The van der Waals surface area contributed by atoms with Crippen molar-refractivity contribution in [2.75, 3.05) is 10.7 Å². The Balaban J connectivity index is 2.07. The minimum atomic E-state index is -0.672. The van der Waals surface area contributed by atoms with Crippen molar-refractivity contribution in [2.24, 2.45) is 0 Å². The fraction of sp³-hybridized carbons (Fsp3) is 0.222. The van der Waals surface area contributed by atoms with Crippen molar-refractivity contribution in [1.29, 1.82) is 0 Å². The molecule has 0 saturated heterocycles. The van der Waals surface area contributed by atoms with Crippen molar-refractivity contribution in [3.05, 3.63) is 56.3 Å². The minimum Gasteiger partial charge on any atom is -0.446 e. The number of carbonyl (C=O) groups excluding carboxylic acids is 1. The van der Waals surface area contributed by atoms with Gasteiger partial charge in [-0.1, -0.05) is 30.8 Å². The second kappa shape index (κ2) is 7.12. The molecule has 0 aliphatic carbocycles. The molecular weight excluding hydrogens is 479 g/mol. The van der Waals surface area contributed by atoms with Crippen LogP contribution in [0, 0.1) is 3.77 Å². The van der Waals surface area contributed by atoms with E-state index in [-0.39, 0.29) is 11.5 Å². The molecular formula is C18H16IN4O3S+. The van der Waals surface area contributed by atoms with Gasteiger partial charge in [0.15, 0.2) is 9.53 Å². The first-order valence-electron chi connectivity index (χ1n) is 8.34. The number of hydrogen-bond donors (Lipinski definition) is 1. The van der Waals surface area contributed by atoms with Crippen LogP contribution in [-0.4, -0.2) is 21.7 Å². The van der Waals surface area contributed by atoms with Gasteiger partial charge in [-0.3, -0.25) is 14.6 Å². The quantitative estimate of drug-likeness (QED) is 0.343. The van der Waals surface area contributed by atoms with Gasteiger partial charge in [0.1, 0.15) is 0 Å². The Morgan fingerprint density at radius 3 is 2.81 bits per heavy atom. The number of anilines is 1. The SMILES string of the molecule is CCSc1n[n+]2c(c(=O)[nH]1)-c1ccccc1N(C(C)=O)[C@@H]2c1ccc(I)o1. The van der Waals surface area contributed by atoms with Gasteiger partial charge in [0.2, 0.25) is 11.1 Å². The number of thioether (sulfide) groups is 1. The van der Waals surface area contributed by atoms with Crippen molar-refractivity contribution in [2.45, 2.75) is 25.2 Å². The predicted molar refractivity (Wildman–Crippen MR) is 110 cm³/mol. The van der Waals surface area contributed by atoms with Crippen molar-refractivity contribution >= 4 is 45.9 Å². The maximum Gasteiger partial charge on any atom is 0.325 e. The summed E-state index contributed by atoms with van der Waals surface area (Å²) in [6.45, 7) is 3.48. The fourth-order valence-corrected chi connectivity index (χ4v) is 4.26. The molecule has 1 aliphatic heterocycles. The molecule has 1 N–H and O–H groups in total. The van der Waals surface area contributed by atoms with Crippen LogP contribution >= 0.6 is 34.4 Å². The molecule has 3 heterocycles. The van der Waals surface area contributed by atoms with Crippen molar-refractivity contribution in [3.8, 4) is 11.3 Å². The number of furan rings is 1. The number of rotatable bonds is 3. The summed E-state index contributed by atoms with van der Waals surface area (Å²) in [5.41, 5.74) is 1.47. The monoisotopic (exact) mass is 495 g/mol. The van der Waals surface area contributed by atoms with Crippen LogP contribution in [-0.2, 0) is 4.79 Å². The van der Waals surface area contributed by atoms with E-state index in [2.05, 4.69) is 32.7 Å². The van der Waals surface area contributed by atoms with Gasteiger partial charge in [-0.05, 0) is 57.3 Å². The third-order valence-corrected chi connectivity index (χ3v) is 5.55. The standard InChI is InChI=1S/C18H15IN4O3S/c1-3-27-18-20-16(25)15-11-6-4-5-7-12(11)22(10(2)24)17(23(15)21-18)13-8-9-14(19)26-13/h4-9,17H,3H2,1-2H3/p+1/t17-/m0/s1. The van der Waals surface area contributed by atoms with Crippen LogP contribution in [0.15, 0.2) is 50.8 Å². The Morgan fingerprint density at radius 2 is 2.15 bits per heavy atom. The zero-order valence-electron chi connectivity index (χ0n) is 14.6. The average molecular weight is 495 g/mol. The number of para-hydroxylation sites is 1. The normalized spacial score (nSPS) is 15.4. The summed E-state index contributed by atoms with van der Waals surface area (Å²) in [7, 11) is 0. The molecule has 9 heteroatoms. The van der Waals surface area contributed by atoms with E-state index in [9.17, 15) is 9.59 Å². The van der Waals surface area contributed by atoms with E-state index in [1.807, 2.05) is 43.3 Å². The Hall–Kier alpha value is -2.14. The van der Waals surface area contributed by atoms with Gasteiger partial charge in [0.05, 0.1) is 11.3 Å². The van der Waals surface area contributed by atoms with Crippen LogP contribution in [0.2, 0.25) is 0 Å². The molecule has 1 amide bonds. The van der Waals surface area contributed by atoms with Gasteiger partial charge < -0.3 is 4.42 Å². The van der Waals surface area contributed by atoms with E-state index in [0.29, 0.717) is 31.6 Å². The summed E-state index contributed by atoms with van der Waals surface area (Å²) < 4.78 is 8.12. The zero-order chi connectivity index (χ0) is 19.1. The number of carbonyl (C=O) groups is 1. The number of nitrogens with one attached hydrogen (secondary N) is 1. The van der Waals surface area contributed by atoms with E-state index in [0.717, 1.165) is 5.75 Å². The third-order valence-electron chi connectivity index (χ3n) is 4.23. The van der Waals surface area contributed by atoms with Gasteiger partial charge in [0, 0.05) is 12.0 Å². The van der Waals surface area contributed by atoms with E-state index >= 15 is 0 Å². The summed E-state index contributed by atoms with van der Waals surface area (Å²) in [6.07, 6.45) is -0.672. The maximum atomic E-state index is 12.9. The summed E-state index contributed by atoms with van der Waals surface area (Å²) in [6, 6.07) is 11.0. The van der Waals surface area contributed by atoms with Crippen LogP contribution in [0.25, 0.3) is 11.3 Å². The Morgan fingerprint density at radius 1 is 1.37 bits per heavy atom. The molecule has 1 aromatic carbocycles. The summed E-state index contributed by atoms with van der Waals surface area (Å²) >= 11 is 3.51. The third kappa shape index (κ3) is 3.08. The lowest BCUT2D eigenvalue weighted by Crippen LogP contribution is -2.60. The molecule has 1 atom stereocenters. The topological polar surface area (TPSA) is 83.1 Å². The van der Waals surface area contributed by atoms with Crippen molar-refractivity contribution in [3.63, 3.8) is 0 Å². The first-order valence-corrected chi connectivity index (χ1v) is 10.4. The van der Waals surface area contributed by atoms with E-state index in [1.165, 1.54) is 18.7 Å². The number of nitrogens with zero attached hydrogens (tertiary/aromatic N) is 3. The molecule has 3 aromatic rings. The molecule has 0 fully saturated rings. The average Bonchev–Trinajstić information content (AvgIpc) is 3.06. The molecule has 7 nitrogen and oxygen atoms in total. The number of H-pyrrole nitrogens is 1. The second-order valence-corrected chi connectivity index (χ2v) is 8.22. The van der Waals surface area contributed by atoms with Gasteiger partial charge in [-0.2, -0.15) is 0 Å². The molecule has 4 rings (SSSR count). The van der Waals surface area contributed by atoms with E-state index in [4.69, 9.17) is 4.42 Å². The lowest BCUT2D eigenvalue weighted by atomic mass is 10.0. The molecule has 0 radical (unpaired) electrons. The van der Waals surface area contributed by atoms with Crippen LogP contribution in [0.5, 0.6) is 0 Å².